The number of ether oxygens (including phenoxy) is 1. The average molecular weight is 405 g/mol. The molecule has 0 aromatic heterocycles. The van der Waals surface area contributed by atoms with Crippen LogP contribution in [0.4, 0.5) is 0 Å². The van der Waals surface area contributed by atoms with Crippen LogP contribution in [0.25, 0.3) is 0 Å². The summed E-state index contributed by atoms with van der Waals surface area (Å²) < 4.78 is 32.2. The van der Waals surface area contributed by atoms with Crippen LogP contribution >= 0.6 is 0 Å². The first-order chi connectivity index (χ1) is 13.2. The number of Topliss-reactive ketones (excluding diaryl/α,β-unsaturated/α-hetero) is 1. The lowest BCUT2D eigenvalue weighted by atomic mass is 10.0. The van der Waals surface area contributed by atoms with Crippen molar-refractivity contribution in [2.45, 2.75) is 38.0 Å². The summed E-state index contributed by atoms with van der Waals surface area (Å²) in [5.41, 5.74) is 0.394. The second-order valence-electron chi connectivity index (χ2n) is 6.73. The van der Waals surface area contributed by atoms with Gasteiger partial charge in [-0.3, -0.25) is 4.79 Å². The Hall–Kier alpha value is -2.57. The molecule has 1 atom stereocenters. The van der Waals surface area contributed by atoms with Crippen molar-refractivity contribution in [3.05, 3.63) is 29.3 Å². The second-order valence-corrected chi connectivity index (χ2v) is 8.64. The standard InChI is InChI=1S/C19H23N3O5S/c1-13-6-7-15(19(24)27-12-17(23)16(11-20)14(2)21)10-18(13)28(25,26)22-8-4-3-5-9-22/h6-7,10,16,21H,3-5,8-9,12H2,1-2H3/t16-/m1/s1. The Morgan fingerprint density at radius 3 is 2.50 bits per heavy atom. The van der Waals surface area contributed by atoms with Gasteiger partial charge in [-0.25, -0.2) is 13.2 Å². The lowest BCUT2D eigenvalue weighted by Gasteiger charge is -2.26. The van der Waals surface area contributed by atoms with E-state index in [9.17, 15) is 18.0 Å². The third-order valence-corrected chi connectivity index (χ3v) is 6.63. The number of hydrogen-bond donors (Lipinski definition) is 1. The molecular formula is C19H23N3O5S. The van der Waals surface area contributed by atoms with Crippen molar-refractivity contribution in [3.63, 3.8) is 0 Å². The number of rotatable bonds is 7. The first kappa shape index (κ1) is 21.7. The smallest absolute Gasteiger partial charge is 0.338 e. The predicted molar refractivity (Wildman–Crippen MR) is 102 cm³/mol. The number of aryl methyl sites for hydroxylation is 1. The van der Waals surface area contributed by atoms with Crippen LogP contribution in [0.1, 0.15) is 42.1 Å². The second kappa shape index (κ2) is 9.08. The highest BCUT2D eigenvalue weighted by atomic mass is 32.2. The molecule has 0 amide bonds. The zero-order valence-electron chi connectivity index (χ0n) is 15.9. The molecule has 2 rings (SSSR count). The van der Waals surface area contributed by atoms with Crippen molar-refractivity contribution in [1.29, 1.82) is 10.7 Å². The fourth-order valence-corrected chi connectivity index (χ4v) is 4.73. The van der Waals surface area contributed by atoms with E-state index in [1.54, 1.807) is 13.0 Å². The van der Waals surface area contributed by atoms with Crippen LogP contribution in [0.5, 0.6) is 0 Å². The molecule has 28 heavy (non-hydrogen) atoms. The molecule has 1 fully saturated rings. The van der Waals surface area contributed by atoms with Crippen LogP contribution in [0.15, 0.2) is 23.1 Å². The Morgan fingerprint density at radius 2 is 1.93 bits per heavy atom. The Kier molecular flexibility index (Phi) is 7.05. The average Bonchev–Trinajstić information content (AvgIpc) is 2.67. The number of carbonyl (C=O) groups excluding carboxylic acids is 2. The molecule has 0 saturated carbocycles. The van der Waals surface area contributed by atoms with Gasteiger partial charge in [-0.15, -0.1) is 0 Å². The molecule has 1 aliphatic heterocycles. The topological polar surface area (TPSA) is 128 Å². The van der Waals surface area contributed by atoms with Gasteiger partial charge in [-0.1, -0.05) is 12.5 Å². The van der Waals surface area contributed by atoms with Gasteiger partial charge in [0.15, 0.2) is 12.4 Å². The van der Waals surface area contributed by atoms with E-state index in [1.165, 1.54) is 29.4 Å². The lowest BCUT2D eigenvalue weighted by molar-refractivity contribution is -0.122. The zero-order valence-corrected chi connectivity index (χ0v) is 16.7. The molecular weight excluding hydrogens is 382 g/mol. The van der Waals surface area contributed by atoms with Crippen LogP contribution in [-0.4, -0.2) is 49.9 Å². The van der Waals surface area contributed by atoms with E-state index in [0.717, 1.165) is 19.3 Å². The number of esters is 1. The normalized spacial score (nSPS) is 16.0. The van der Waals surface area contributed by atoms with Gasteiger partial charge in [0.05, 0.1) is 16.5 Å². The third-order valence-electron chi connectivity index (χ3n) is 4.59. The highest BCUT2D eigenvalue weighted by molar-refractivity contribution is 7.89. The van der Waals surface area contributed by atoms with Crippen molar-refractivity contribution in [2.24, 2.45) is 5.92 Å². The molecule has 1 aromatic carbocycles. The Bertz CT molecular complexity index is 927. The number of piperidine rings is 1. The van der Waals surface area contributed by atoms with Gasteiger partial charge in [0.2, 0.25) is 10.0 Å². The largest absolute Gasteiger partial charge is 0.454 e. The molecule has 1 heterocycles. The van der Waals surface area contributed by atoms with Crippen molar-refractivity contribution in [3.8, 4) is 6.07 Å². The first-order valence-corrected chi connectivity index (χ1v) is 10.4. The van der Waals surface area contributed by atoms with Gasteiger partial charge in [0.1, 0.15) is 5.92 Å². The van der Waals surface area contributed by atoms with Gasteiger partial charge >= 0.3 is 5.97 Å². The Labute approximate surface area is 164 Å². The molecule has 0 bridgehead atoms. The molecule has 150 valence electrons. The summed E-state index contributed by atoms with van der Waals surface area (Å²) in [6, 6.07) is 5.90. The van der Waals surface area contributed by atoms with Crippen molar-refractivity contribution in [1.82, 2.24) is 4.31 Å². The summed E-state index contributed by atoms with van der Waals surface area (Å²) in [7, 11) is -3.72. The maximum atomic E-state index is 12.9. The Morgan fingerprint density at radius 1 is 1.29 bits per heavy atom. The molecule has 9 heteroatoms. The highest BCUT2D eigenvalue weighted by Gasteiger charge is 2.28. The number of ketones is 1. The van der Waals surface area contributed by atoms with E-state index in [1.807, 2.05) is 0 Å². The summed E-state index contributed by atoms with van der Waals surface area (Å²) in [6.45, 7) is 3.22. The maximum absolute atomic E-state index is 12.9. The number of sulfonamides is 1. The molecule has 1 aliphatic rings. The number of carbonyl (C=O) groups is 2. The SMILES string of the molecule is CC(=N)[C@@H](C#N)C(=O)COC(=O)c1ccc(C)c(S(=O)(=O)N2CCCCC2)c1. The van der Waals surface area contributed by atoms with Gasteiger partial charge < -0.3 is 10.1 Å². The monoisotopic (exact) mass is 405 g/mol. The molecule has 0 spiro atoms. The molecule has 1 N–H and O–H groups in total. The Balaban J connectivity index is 2.18. The molecule has 8 nitrogen and oxygen atoms in total. The molecule has 1 saturated heterocycles. The minimum atomic E-state index is -3.72. The first-order valence-electron chi connectivity index (χ1n) is 8.93. The number of hydrogen-bond acceptors (Lipinski definition) is 7. The molecule has 0 radical (unpaired) electrons. The van der Waals surface area contributed by atoms with Gasteiger partial charge in [0, 0.05) is 18.8 Å². The third kappa shape index (κ3) is 4.82. The minimum Gasteiger partial charge on any atom is -0.454 e. The fraction of sp³-hybridized carbons (Fsp3) is 0.474. The van der Waals surface area contributed by atoms with Crippen molar-refractivity contribution >= 4 is 27.5 Å². The number of benzene rings is 1. The van der Waals surface area contributed by atoms with Crippen LogP contribution in [0.3, 0.4) is 0 Å². The van der Waals surface area contributed by atoms with Crippen LogP contribution in [-0.2, 0) is 19.6 Å². The summed E-state index contributed by atoms with van der Waals surface area (Å²) in [4.78, 5) is 24.2. The van der Waals surface area contributed by atoms with Gasteiger partial charge in [0.25, 0.3) is 0 Å². The van der Waals surface area contributed by atoms with Crippen molar-refractivity contribution in [2.75, 3.05) is 19.7 Å². The van der Waals surface area contributed by atoms with Crippen LogP contribution in [0, 0.1) is 29.6 Å². The van der Waals surface area contributed by atoms with Gasteiger partial charge in [-0.2, -0.15) is 9.57 Å². The van der Waals surface area contributed by atoms with E-state index in [2.05, 4.69) is 0 Å². The summed E-state index contributed by atoms with van der Waals surface area (Å²) >= 11 is 0. The zero-order chi connectivity index (χ0) is 20.9. The van der Waals surface area contributed by atoms with Crippen LogP contribution in [0.2, 0.25) is 0 Å². The van der Waals surface area contributed by atoms with E-state index in [0.29, 0.717) is 18.7 Å². The molecule has 0 aliphatic carbocycles. The molecule has 0 unspecified atom stereocenters. The number of nitriles is 1. The van der Waals surface area contributed by atoms with E-state index >= 15 is 0 Å². The quantitative estimate of drug-likeness (QED) is 0.546. The number of nitrogens with one attached hydrogen (secondary N) is 1. The lowest BCUT2D eigenvalue weighted by Crippen LogP contribution is -2.36. The van der Waals surface area contributed by atoms with E-state index in [-0.39, 0.29) is 16.2 Å². The van der Waals surface area contributed by atoms with E-state index < -0.39 is 34.3 Å². The van der Waals surface area contributed by atoms with Crippen LogP contribution < -0.4 is 0 Å². The van der Waals surface area contributed by atoms with Gasteiger partial charge in [-0.05, 0) is 44.4 Å². The number of nitrogens with zero attached hydrogens (tertiary/aromatic N) is 2. The summed E-state index contributed by atoms with van der Waals surface area (Å²) in [6.07, 6.45) is 2.59. The minimum absolute atomic E-state index is 0.00840. The van der Waals surface area contributed by atoms with E-state index in [4.69, 9.17) is 15.4 Å². The summed E-state index contributed by atoms with van der Waals surface area (Å²) in [5, 5.41) is 16.3. The maximum Gasteiger partial charge on any atom is 0.338 e. The fourth-order valence-electron chi connectivity index (χ4n) is 2.96. The predicted octanol–water partition coefficient (Wildman–Crippen LogP) is 2.07. The summed E-state index contributed by atoms with van der Waals surface area (Å²) in [5.74, 6) is -2.82. The van der Waals surface area contributed by atoms with Crippen molar-refractivity contribution < 1.29 is 22.7 Å². The highest BCUT2D eigenvalue weighted by Crippen LogP contribution is 2.24. The molecule has 1 aromatic rings.